The molecule has 2 rings (SSSR count). The summed E-state index contributed by atoms with van der Waals surface area (Å²) in [5.74, 6) is -2.43. The zero-order valence-electron chi connectivity index (χ0n) is 13.1. The summed E-state index contributed by atoms with van der Waals surface area (Å²) in [6.45, 7) is 0. The van der Waals surface area contributed by atoms with Gasteiger partial charge >= 0.3 is 11.9 Å². The van der Waals surface area contributed by atoms with Crippen molar-refractivity contribution in [2.24, 2.45) is 5.92 Å². The summed E-state index contributed by atoms with van der Waals surface area (Å²) in [5.41, 5.74) is 2.18. The van der Waals surface area contributed by atoms with Gasteiger partial charge in [0.05, 0.1) is 14.2 Å². The Labute approximate surface area is 135 Å². The van der Waals surface area contributed by atoms with Gasteiger partial charge in [0, 0.05) is 0 Å². The number of rotatable bonds is 5. The molecule has 2 aromatic carbocycles. The van der Waals surface area contributed by atoms with Crippen LogP contribution >= 0.6 is 0 Å². The lowest BCUT2D eigenvalue weighted by Crippen LogP contribution is -2.27. The van der Waals surface area contributed by atoms with Gasteiger partial charge < -0.3 is 9.47 Å². The van der Waals surface area contributed by atoms with Crippen LogP contribution in [0.1, 0.15) is 11.1 Å². The molecule has 2 aromatic rings. The third kappa shape index (κ3) is 4.07. The molecule has 0 saturated carbocycles. The Balaban J connectivity index is 2.58. The Bertz CT molecular complexity index is 674. The van der Waals surface area contributed by atoms with Gasteiger partial charge in [-0.1, -0.05) is 60.7 Å². The van der Waals surface area contributed by atoms with Crippen molar-refractivity contribution in [2.45, 2.75) is 0 Å². The summed E-state index contributed by atoms with van der Waals surface area (Å²) in [5, 5.41) is 0. The minimum absolute atomic E-state index is 0.538. The number of hydrogen-bond donors (Lipinski definition) is 0. The first-order chi connectivity index (χ1) is 11.2. The van der Waals surface area contributed by atoms with Gasteiger partial charge in [-0.25, -0.2) is 0 Å². The predicted molar refractivity (Wildman–Crippen MR) is 88.3 cm³/mol. The van der Waals surface area contributed by atoms with Gasteiger partial charge in [0.15, 0.2) is 5.92 Å². The van der Waals surface area contributed by atoms with Gasteiger partial charge in [-0.3, -0.25) is 9.59 Å². The molecule has 0 heterocycles. The van der Waals surface area contributed by atoms with Crippen LogP contribution in [0.5, 0.6) is 0 Å². The molecule has 118 valence electrons. The zero-order chi connectivity index (χ0) is 16.7. The lowest BCUT2D eigenvalue weighted by Gasteiger charge is -2.17. The SMILES string of the molecule is COC(=O)C(C(=O)OC)/C(=C/c1ccccc1)c1ccccc1. The van der Waals surface area contributed by atoms with Crippen LogP contribution in [0.2, 0.25) is 0 Å². The molecule has 0 aliphatic heterocycles. The van der Waals surface area contributed by atoms with Gasteiger partial charge in [0.25, 0.3) is 0 Å². The van der Waals surface area contributed by atoms with E-state index in [-0.39, 0.29) is 0 Å². The summed E-state index contributed by atoms with van der Waals surface area (Å²) < 4.78 is 9.59. The van der Waals surface area contributed by atoms with Crippen molar-refractivity contribution in [3.63, 3.8) is 0 Å². The number of esters is 2. The molecular formula is C19H18O4. The summed E-state index contributed by atoms with van der Waals surface area (Å²) >= 11 is 0. The van der Waals surface area contributed by atoms with Gasteiger partial charge in [-0.05, 0) is 22.8 Å². The van der Waals surface area contributed by atoms with Gasteiger partial charge in [-0.2, -0.15) is 0 Å². The van der Waals surface area contributed by atoms with E-state index < -0.39 is 17.9 Å². The summed E-state index contributed by atoms with van der Waals surface area (Å²) in [4.78, 5) is 24.3. The van der Waals surface area contributed by atoms with Gasteiger partial charge in [0.2, 0.25) is 0 Å². The van der Waals surface area contributed by atoms with Crippen molar-refractivity contribution < 1.29 is 19.1 Å². The highest BCUT2D eigenvalue weighted by Crippen LogP contribution is 2.28. The van der Waals surface area contributed by atoms with Crippen LogP contribution in [-0.4, -0.2) is 26.2 Å². The summed E-state index contributed by atoms with van der Waals surface area (Å²) in [6, 6.07) is 18.7. The highest BCUT2D eigenvalue weighted by molar-refractivity contribution is 6.09. The summed E-state index contributed by atoms with van der Waals surface area (Å²) in [6.07, 6.45) is 1.80. The Morgan fingerprint density at radius 2 is 1.30 bits per heavy atom. The molecule has 23 heavy (non-hydrogen) atoms. The largest absolute Gasteiger partial charge is 0.468 e. The number of methoxy groups -OCH3 is 2. The molecule has 0 fully saturated rings. The van der Waals surface area contributed by atoms with Crippen molar-refractivity contribution in [2.75, 3.05) is 14.2 Å². The zero-order valence-corrected chi connectivity index (χ0v) is 13.1. The molecule has 0 saturated heterocycles. The molecule has 4 heteroatoms. The maximum absolute atomic E-state index is 12.2. The molecule has 0 aliphatic carbocycles. The third-order valence-corrected chi connectivity index (χ3v) is 3.41. The van der Waals surface area contributed by atoms with Crippen molar-refractivity contribution in [3.8, 4) is 0 Å². The lowest BCUT2D eigenvalue weighted by molar-refractivity contribution is -0.155. The van der Waals surface area contributed by atoms with Crippen molar-refractivity contribution in [1.82, 2.24) is 0 Å². The number of carbonyl (C=O) groups is 2. The Kier molecular flexibility index (Phi) is 5.69. The maximum Gasteiger partial charge on any atom is 0.324 e. The van der Waals surface area contributed by atoms with Crippen LogP contribution in [0.3, 0.4) is 0 Å². The molecule has 4 nitrogen and oxygen atoms in total. The first-order valence-corrected chi connectivity index (χ1v) is 7.15. The van der Waals surface area contributed by atoms with Crippen LogP contribution in [0.4, 0.5) is 0 Å². The number of carbonyl (C=O) groups excluding carboxylic acids is 2. The van der Waals surface area contributed by atoms with Crippen LogP contribution in [-0.2, 0) is 19.1 Å². The topological polar surface area (TPSA) is 52.6 Å². The number of benzene rings is 2. The first-order valence-electron chi connectivity index (χ1n) is 7.15. The fraction of sp³-hybridized carbons (Fsp3) is 0.158. The van der Waals surface area contributed by atoms with E-state index in [2.05, 4.69) is 0 Å². The Morgan fingerprint density at radius 1 is 0.826 bits per heavy atom. The normalized spacial score (nSPS) is 11.2. The fourth-order valence-corrected chi connectivity index (χ4v) is 2.28. The van der Waals surface area contributed by atoms with Crippen molar-refractivity contribution >= 4 is 23.6 Å². The van der Waals surface area contributed by atoms with Gasteiger partial charge in [0.1, 0.15) is 0 Å². The van der Waals surface area contributed by atoms with E-state index in [0.29, 0.717) is 5.57 Å². The van der Waals surface area contributed by atoms with Crippen molar-refractivity contribution in [1.29, 1.82) is 0 Å². The molecule has 0 unspecified atom stereocenters. The minimum Gasteiger partial charge on any atom is -0.468 e. The monoisotopic (exact) mass is 310 g/mol. The summed E-state index contributed by atoms with van der Waals surface area (Å²) in [7, 11) is 2.51. The second-order valence-electron chi connectivity index (χ2n) is 4.86. The maximum atomic E-state index is 12.2. The quantitative estimate of drug-likeness (QED) is 0.483. The van der Waals surface area contributed by atoms with E-state index in [4.69, 9.17) is 9.47 Å². The van der Waals surface area contributed by atoms with E-state index in [1.165, 1.54) is 14.2 Å². The van der Waals surface area contributed by atoms with E-state index in [1.54, 1.807) is 6.08 Å². The molecule has 0 N–H and O–H groups in total. The minimum atomic E-state index is -1.13. The predicted octanol–water partition coefficient (Wildman–Crippen LogP) is 3.19. The lowest BCUT2D eigenvalue weighted by atomic mass is 9.90. The molecular weight excluding hydrogens is 292 g/mol. The molecule has 0 atom stereocenters. The molecule has 0 bridgehead atoms. The molecule has 0 radical (unpaired) electrons. The number of ether oxygens (including phenoxy) is 2. The van der Waals surface area contributed by atoms with E-state index in [0.717, 1.165) is 11.1 Å². The molecule has 0 spiro atoms. The van der Waals surface area contributed by atoms with Crippen LogP contribution < -0.4 is 0 Å². The van der Waals surface area contributed by atoms with E-state index in [1.807, 2.05) is 60.7 Å². The standard InChI is InChI=1S/C19H18O4/c1-22-18(20)17(19(21)23-2)16(15-11-7-4-8-12-15)13-14-9-5-3-6-10-14/h3-13,17H,1-2H3/b16-13+. The number of hydrogen-bond acceptors (Lipinski definition) is 4. The molecule has 0 aliphatic rings. The average molecular weight is 310 g/mol. The Hall–Kier alpha value is -2.88. The van der Waals surface area contributed by atoms with Gasteiger partial charge in [-0.15, -0.1) is 0 Å². The molecule has 0 amide bonds. The average Bonchev–Trinajstić information content (AvgIpc) is 2.62. The second-order valence-corrected chi connectivity index (χ2v) is 4.86. The Morgan fingerprint density at radius 3 is 1.78 bits per heavy atom. The van der Waals surface area contributed by atoms with Crippen molar-refractivity contribution in [3.05, 3.63) is 71.8 Å². The van der Waals surface area contributed by atoms with Crippen LogP contribution in [0.15, 0.2) is 60.7 Å². The second kappa shape index (κ2) is 7.94. The highest BCUT2D eigenvalue weighted by Gasteiger charge is 2.33. The molecule has 0 aromatic heterocycles. The first kappa shape index (κ1) is 16.5. The van der Waals surface area contributed by atoms with E-state index in [9.17, 15) is 9.59 Å². The van der Waals surface area contributed by atoms with E-state index >= 15 is 0 Å². The smallest absolute Gasteiger partial charge is 0.324 e. The van der Waals surface area contributed by atoms with Crippen LogP contribution in [0.25, 0.3) is 11.6 Å². The van der Waals surface area contributed by atoms with Crippen LogP contribution in [0, 0.1) is 5.92 Å². The third-order valence-electron chi connectivity index (χ3n) is 3.41. The highest BCUT2D eigenvalue weighted by atomic mass is 16.5. The fourth-order valence-electron chi connectivity index (χ4n) is 2.28.